The highest BCUT2D eigenvalue weighted by Gasteiger charge is 2.17. The third kappa shape index (κ3) is 2.81. The molecule has 0 aliphatic carbocycles. The summed E-state index contributed by atoms with van der Waals surface area (Å²) in [6, 6.07) is 15.4. The lowest BCUT2D eigenvalue weighted by Crippen LogP contribution is -1.88. The lowest BCUT2D eigenvalue weighted by atomic mass is 9.95. The minimum atomic E-state index is 0.279. The highest BCUT2D eigenvalue weighted by Crippen LogP contribution is 2.40. The maximum Gasteiger partial charge on any atom is 0.221 e. The Kier molecular flexibility index (Phi) is 4.03. The average Bonchev–Trinajstić information content (AvgIpc) is 3.66. The van der Waals surface area contributed by atoms with E-state index in [-0.39, 0.29) is 5.95 Å². The first-order valence-corrected chi connectivity index (χ1v) is 13.1. The molecular weight excluding hydrogens is 478 g/mol. The number of nitrogens with two attached hydrogens (primary N) is 1. The van der Waals surface area contributed by atoms with E-state index in [0.717, 1.165) is 60.6 Å². The van der Waals surface area contributed by atoms with Crippen LogP contribution in [0.5, 0.6) is 0 Å². The summed E-state index contributed by atoms with van der Waals surface area (Å²) in [6.45, 7) is 4.34. The van der Waals surface area contributed by atoms with Crippen LogP contribution in [0.3, 0.4) is 0 Å². The molecule has 0 unspecified atom stereocenters. The van der Waals surface area contributed by atoms with Gasteiger partial charge in [-0.1, -0.05) is 38.1 Å². The van der Waals surface area contributed by atoms with Gasteiger partial charge in [0, 0.05) is 49.1 Å². The molecule has 4 aromatic heterocycles. The van der Waals surface area contributed by atoms with E-state index in [1.807, 2.05) is 6.20 Å². The van der Waals surface area contributed by atoms with Gasteiger partial charge in [-0.15, -0.1) is 11.3 Å². The normalized spacial score (nSPS) is 12.4. The Bertz CT molecular complexity index is 2200. The van der Waals surface area contributed by atoms with Crippen molar-refractivity contribution in [2.75, 3.05) is 5.73 Å². The summed E-state index contributed by atoms with van der Waals surface area (Å²) in [5.41, 5.74) is 12.0. The van der Waals surface area contributed by atoms with Gasteiger partial charge in [0.2, 0.25) is 5.95 Å². The second-order valence-electron chi connectivity index (χ2n) is 9.82. The molecule has 0 aliphatic rings. The van der Waals surface area contributed by atoms with Crippen LogP contribution in [0.4, 0.5) is 5.95 Å². The minimum Gasteiger partial charge on any atom is -0.368 e. The maximum absolute atomic E-state index is 5.98. The van der Waals surface area contributed by atoms with Crippen molar-refractivity contribution in [1.82, 2.24) is 30.1 Å². The molecule has 0 amide bonds. The number of aromatic nitrogens is 6. The summed E-state index contributed by atoms with van der Waals surface area (Å²) in [5.74, 6) is 1.64. The Labute approximate surface area is 214 Å². The monoisotopic (exact) mass is 499 g/mol. The van der Waals surface area contributed by atoms with Crippen LogP contribution < -0.4 is 5.73 Å². The molecule has 0 saturated carbocycles. The highest BCUT2D eigenvalue weighted by molar-refractivity contribution is 7.18. The number of nitrogens with one attached hydrogen (secondary N) is 2. The molecule has 4 heterocycles. The van der Waals surface area contributed by atoms with Gasteiger partial charge in [0.1, 0.15) is 16.9 Å². The van der Waals surface area contributed by atoms with E-state index in [0.29, 0.717) is 5.92 Å². The van der Waals surface area contributed by atoms with Gasteiger partial charge in [-0.2, -0.15) is 5.10 Å². The Morgan fingerprint density at radius 1 is 0.757 bits per heavy atom. The molecule has 4 aromatic carbocycles. The van der Waals surface area contributed by atoms with Crippen molar-refractivity contribution in [2.24, 2.45) is 0 Å². The summed E-state index contributed by atoms with van der Waals surface area (Å²) in [6.07, 6.45) is 3.71. The molecule has 0 radical (unpaired) electrons. The minimum absolute atomic E-state index is 0.279. The van der Waals surface area contributed by atoms with E-state index in [4.69, 9.17) is 10.7 Å². The number of rotatable bonds is 2. The van der Waals surface area contributed by atoms with E-state index < -0.39 is 0 Å². The molecule has 0 saturated heterocycles. The van der Waals surface area contributed by atoms with Crippen LogP contribution >= 0.6 is 11.3 Å². The molecule has 4 N–H and O–H groups in total. The van der Waals surface area contributed by atoms with Gasteiger partial charge in [0.15, 0.2) is 0 Å². The summed E-state index contributed by atoms with van der Waals surface area (Å²) >= 11 is 1.77. The largest absolute Gasteiger partial charge is 0.368 e. The number of hydrogen-bond acceptors (Lipinski definition) is 6. The van der Waals surface area contributed by atoms with Gasteiger partial charge < -0.3 is 10.7 Å². The number of thiophene rings is 1. The molecule has 0 bridgehead atoms. The van der Waals surface area contributed by atoms with Crippen molar-refractivity contribution >= 4 is 81.8 Å². The molecule has 0 aliphatic heterocycles. The van der Waals surface area contributed by atoms with Crippen LogP contribution in [0.1, 0.15) is 25.6 Å². The summed E-state index contributed by atoms with van der Waals surface area (Å²) in [5, 5.41) is 17.1. The van der Waals surface area contributed by atoms with Gasteiger partial charge in [-0.05, 0) is 40.1 Å². The predicted molar refractivity (Wildman–Crippen MR) is 153 cm³/mol. The van der Waals surface area contributed by atoms with Crippen molar-refractivity contribution < 1.29 is 0 Å². The first-order valence-electron chi connectivity index (χ1n) is 12.2. The molecule has 0 atom stereocenters. The number of hydrogen-bond donors (Lipinski definition) is 3. The Morgan fingerprint density at radius 2 is 1.51 bits per heavy atom. The smallest absolute Gasteiger partial charge is 0.221 e. The topological polar surface area (TPSA) is 109 Å². The van der Waals surface area contributed by atoms with E-state index in [1.54, 1.807) is 17.5 Å². The zero-order chi connectivity index (χ0) is 24.8. The fraction of sp³-hybridized carbons (Fsp3) is 0.103. The fourth-order valence-corrected chi connectivity index (χ4v) is 6.47. The number of anilines is 1. The molecule has 0 spiro atoms. The zero-order valence-corrected chi connectivity index (χ0v) is 20.9. The fourth-order valence-electron chi connectivity index (χ4n) is 5.54. The van der Waals surface area contributed by atoms with Crippen LogP contribution in [0.15, 0.2) is 60.2 Å². The third-order valence-corrected chi connectivity index (χ3v) is 8.27. The van der Waals surface area contributed by atoms with Gasteiger partial charge in [-0.3, -0.25) is 5.10 Å². The molecule has 8 rings (SSSR count). The van der Waals surface area contributed by atoms with Crippen LogP contribution in [-0.2, 0) is 0 Å². The lowest BCUT2D eigenvalue weighted by Gasteiger charge is -2.10. The van der Waals surface area contributed by atoms with Gasteiger partial charge in [0.25, 0.3) is 0 Å². The second-order valence-corrected chi connectivity index (χ2v) is 10.7. The number of fused-ring (bicyclic) bond motifs is 12. The van der Waals surface area contributed by atoms with Crippen LogP contribution in [0.25, 0.3) is 75.6 Å². The Hall–Kier alpha value is -4.56. The van der Waals surface area contributed by atoms with Crippen molar-refractivity contribution in [1.29, 1.82) is 0 Å². The van der Waals surface area contributed by atoms with E-state index in [9.17, 15) is 0 Å². The molecular formula is C29H21N7S. The van der Waals surface area contributed by atoms with Crippen molar-refractivity contribution in [2.45, 2.75) is 19.8 Å². The quantitative estimate of drug-likeness (QED) is 0.217. The number of nitrogen functional groups attached to an aromatic ring is 1. The number of benzene rings is 4. The molecule has 37 heavy (non-hydrogen) atoms. The standard InChI is InChI=1S/C29H21N7S/c1-13(2)28-33-23-17-6-4-15(10-20(17)27-18(7-8-37-27)25(23)34-28)14-3-5-16-19(9-14)21-11-31-32-12-22(21)26-24(16)35-29(30)36-26/h3-13,31H,1-2H3,(H2,30,36)(H,33,34). The highest BCUT2D eigenvalue weighted by atomic mass is 32.1. The number of aromatic amines is 2. The summed E-state index contributed by atoms with van der Waals surface area (Å²) in [7, 11) is 0. The predicted octanol–water partition coefficient (Wildman–Crippen LogP) is 7.28. The van der Waals surface area contributed by atoms with Crippen LogP contribution in [-0.4, -0.2) is 30.1 Å². The zero-order valence-electron chi connectivity index (χ0n) is 20.1. The van der Waals surface area contributed by atoms with E-state index in [1.165, 1.54) is 20.9 Å². The number of nitrogens with zero attached hydrogens (tertiary/aromatic N) is 4. The van der Waals surface area contributed by atoms with E-state index >= 15 is 0 Å². The summed E-state index contributed by atoms with van der Waals surface area (Å²) in [4.78, 5) is 17.6. The van der Waals surface area contributed by atoms with Crippen LogP contribution in [0, 0.1) is 0 Å². The first kappa shape index (κ1) is 20.6. The Balaban J connectivity index is 1.41. The van der Waals surface area contributed by atoms with Gasteiger partial charge in [0.05, 0.1) is 17.2 Å². The number of H-pyrrole nitrogens is 2. The third-order valence-electron chi connectivity index (χ3n) is 7.32. The summed E-state index contributed by atoms with van der Waals surface area (Å²) < 4.78 is 1.27. The maximum atomic E-state index is 5.98. The van der Waals surface area contributed by atoms with Gasteiger partial charge >= 0.3 is 0 Å². The molecule has 0 fully saturated rings. The average molecular weight is 500 g/mol. The molecule has 178 valence electrons. The number of imidazole rings is 2. The molecule has 8 heteroatoms. The van der Waals surface area contributed by atoms with Crippen LogP contribution in [0.2, 0.25) is 0 Å². The van der Waals surface area contributed by atoms with Crippen molar-refractivity contribution in [3.8, 4) is 11.1 Å². The second kappa shape index (κ2) is 7.24. The lowest BCUT2D eigenvalue weighted by molar-refractivity contribution is 0.799. The van der Waals surface area contributed by atoms with Crippen molar-refractivity contribution in [3.63, 3.8) is 0 Å². The SMILES string of the molecule is CC(C)c1nc2c3ccsc3c3cc(-c4ccc5c(c4)c4c[nH]ncc4c4nc(N)nc54)ccc3c2[nH]1. The van der Waals surface area contributed by atoms with Crippen molar-refractivity contribution in [3.05, 3.63) is 66.1 Å². The Morgan fingerprint density at radius 3 is 2.32 bits per heavy atom. The van der Waals surface area contributed by atoms with E-state index in [2.05, 4.69) is 86.8 Å². The molecule has 8 aromatic rings. The molecule has 7 nitrogen and oxygen atoms in total. The first-order chi connectivity index (χ1) is 18.1. The van der Waals surface area contributed by atoms with Gasteiger partial charge in [-0.25, -0.2) is 15.0 Å².